The second-order valence-electron chi connectivity index (χ2n) is 11.2. The number of nitrogens with zero attached hydrogens (tertiary/aromatic N) is 5. The molecule has 5 heterocycles. The molecule has 0 bridgehead atoms. The molecule has 2 aromatic carbocycles. The van der Waals surface area contributed by atoms with Gasteiger partial charge in [-0.3, -0.25) is 9.69 Å². The molecule has 1 saturated heterocycles. The standard InChI is InChI=1S/C30H31N5O6/c1-18(2)30(35-17-23(31-32-35)19-4-6-24-25(15-19)39-13-12-38-24)29(37)21-14-20-5-7-26(36)40-27(20)22(28(21)41-30)16-34-10-8-33(3)9-11-34/h4-7,14-15,17-18H,8-13,16H2,1-3H3. The van der Waals surface area contributed by atoms with E-state index in [1.807, 2.05) is 32.0 Å². The van der Waals surface area contributed by atoms with Gasteiger partial charge in [-0.05, 0) is 37.4 Å². The molecule has 3 aliphatic rings. The summed E-state index contributed by atoms with van der Waals surface area (Å²) in [5.41, 5.74) is 1.03. The lowest BCUT2D eigenvalue weighted by Gasteiger charge is -2.33. The summed E-state index contributed by atoms with van der Waals surface area (Å²) in [7, 11) is 2.10. The van der Waals surface area contributed by atoms with Crippen LogP contribution in [-0.4, -0.2) is 77.0 Å². The Morgan fingerprint density at radius 2 is 1.76 bits per heavy atom. The maximum Gasteiger partial charge on any atom is 0.336 e. The number of aromatic nitrogens is 3. The maximum atomic E-state index is 14.3. The Bertz CT molecular complexity index is 1720. The summed E-state index contributed by atoms with van der Waals surface area (Å²) in [6.07, 6.45) is 1.73. The van der Waals surface area contributed by atoms with Gasteiger partial charge in [0, 0.05) is 55.7 Å². The van der Waals surface area contributed by atoms with Crippen molar-refractivity contribution in [1.82, 2.24) is 24.8 Å². The Balaban J connectivity index is 1.32. The van der Waals surface area contributed by atoms with Crippen LogP contribution in [0.15, 0.2) is 51.8 Å². The van der Waals surface area contributed by atoms with E-state index in [9.17, 15) is 9.59 Å². The molecule has 3 aliphatic heterocycles. The summed E-state index contributed by atoms with van der Waals surface area (Å²) in [5.74, 6) is 1.24. The van der Waals surface area contributed by atoms with Gasteiger partial charge in [-0.2, -0.15) is 0 Å². The van der Waals surface area contributed by atoms with E-state index in [1.54, 1.807) is 18.3 Å². The molecule has 0 N–H and O–H groups in total. The SMILES string of the molecule is CC(C)C1(n2cc(-c3ccc4c(c3)OCCO4)nn2)Oc2c(cc3ccc(=O)oc3c2CN2CCN(C)CC2)C1=O. The topological polar surface area (TPSA) is 112 Å². The molecule has 0 aliphatic carbocycles. The van der Waals surface area contributed by atoms with E-state index in [2.05, 4.69) is 27.2 Å². The number of benzene rings is 2. The summed E-state index contributed by atoms with van der Waals surface area (Å²) in [6.45, 7) is 8.88. The number of rotatable bonds is 5. The summed E-state index contributed by atoms with van der Waals surface area (Å²) < 4.78 is 25.3. The molecule has 11 nitrogen and oxygen atoms in total. The zero-order valence-electron chi connectivity index (χ0n) is 23.3. The zero-order chi connectivity index (χ0) is 28.3. The molecule has 2 aromatic heterocycles. The zero-order valence-corrected chi connectivity index (χ0v) is 23.3. The third-order valence-electron chi connectivity index (χ3n) is 8.22. The number of ketones is 1. The van der Waals surface area contributed by atoms with Gasteiger partial charge in [0.15, 0.2) is 11.5 Å². The predicted octanol–water partition coefficient (Wildman–Crippen LogP) is 3.15. The van der Waals surface area contributed by atoms with Crippen LogP contribution in [0.3, 0.4) is 0 Å². The van der Waals surface area contributed by atoms with Gasteiger partial charge in [0.25, 0.3) is 5.72 Å². The molecule has 4 aromatic rings. The number of carbonyl (C=O) groups is 1. The third-order valence-corrected chi connectivity index (χ3v) is 8.22. The third kappa shape index (κ3) is 4.18. The van der Waals surface area contributed by atoms with Gasteiger partial charge in [0.1, 0.15) is 30.2 Å². The predicted molar refractivity (Wildman–Crippen MR) is 149 cm³/mol. The molecular weight excluding hydrogens is 526 g/mol. The van der Waals surface area contributed by atoms with Crippen LogP contribution in [0.2, 0.25) is 0 Å². The highest BCUT2D eigenvalue weighted by Gasteiger charge is 2.54. The number of Topliss-reactive ketones (excluding diaryl/α,β-unsaturated/α-hetero) is 1. The largest absolute Gasteiger partial charge is 0.486 e. The van der Waals surface area contributed by atoms with Crippen molar-refractivity contribution < 1.29 is 23.4 Å². The van der Waals surface area contributed by atoms with Gasteiger partial charge in [-0.25, -0.2) is 9.48 Å². The van der Waals surface area contributed by atoms with Crippen LogP contribution in [0.1, 0.15) is 29.8 Å². The van der Waals surface area contributed by atoms with Crippen molar-refractivity contribution in [3.05, 3.63) is 64.1 Å². The van der Waals surface area contributed by atoms with E-state index in [4.69, 9.17) is 18.6 Å². The van der Waals surface area contributed by atoms with E-state index in [-0.39, 0.29) is 11.7 Å². The average molecular weight is 558 g/mol. The highest BCUT2D eigenvalue weighted by molar-refractivity contribution is 6.09. The smallest absolute Gasteiger partial charge is 0.336 e. The van der Waals surface area contributed by atoms with Crippen molar-refractivity contribution in [1.29, 1.82) is 0 Å². The average Bonchev–Trinajstić information content (AvgIpc) is 3.58. The number of ether oxygens (including phenoxy) is 3. The fourth-order valence-corrected chi connectivity index (χ4v) is 5.87. The number of piperazine rings is 1. The highest BCUT2D eigenvalue weighted by atomic mass is 16.6. The second kappa shape index (κ2) is 9.71. The van der Waals surface area contributed by atoms with E-state index in [0.717, 1.165) is 31.7 Å². The van der Waals surface area contributed by atoms with Crippen LogP contribution in [-0.2, 0) is 12.3 Å². The molecule has 1 fully saturated rings. The second-order valence-corrected chi connectivity index (χ2v) is 11.2. The van der Waals surface area contributed by atoms with Crippen molar-refractivity contribution in [2.75, 3.05) is 46.4 Å². The first-order valence-electron chi connectivity index (χ1n) is 13.9. The molecule has 7 rings (SSSR count). The highest BCUT2D eigenvalue weighted by Crippen LogP contribution is 2.47. The van der Waals surface area contributed by atoms with Crippen LogP contribution >= 0.6 is 0 Å². The quantitative estimate of drug-likeness (QED) is 0.339. The van der Waals surface area contributed by atoms with Gasteiger partial charge in [0.2, 0.25) is 5.78 Å². The lowest BCUT2D eigenvalue weighted by molar-refractivity contribution is -0.0249. The minimum absolute atomic E-state index is 0.214. The van der Waals surface area contributed by atoms with Gasteiger partial charge in [-0.1, -0.05) is 19.1 Å². The van der Waals surface area contributed by atoms with Gasteiger partial charge in [0.05, 0.1) is 17.3 Å². The summed E-state index contributed by atoms with van der Waals surface area (Å²) in [6, 6.07) is 10.4. The van der Waals surface area contributed by atoms with Crippen LogP contribution in [0.5, 0.6) is 17.2 Å². The van der Waals surface area contributed by atoms with E-state index < -0.39 is 11.4 Å². The molecule has 1 atom stereocenters. The molecule has 11 heteroatoms. The van der Waals surface area contributed by atoms with Crippen molar-refractivity contribution in [3.8, 4) is 28.5 Å². The van der Waals surface area contributed by atoms with E-state index >= 15 is 0 Å². The Morgan fingerprint density at radius 1 is 0.976 bits per heavy atom. The van der Waals surface area contributed by atoms with Crippen molar-refractivity contribution in [2.24, 2.45) is 5.92 Å². The summed E-state index contributed by atoms with van der Waals surface area (Å²) in [4.78, 5) is 31.2. The molecule has 1 unspecified atom stereocenters. The first kappa shape index (κ1) is 25.7. The van der Waals surface area contributed by atoms with Gasteiger partial charge >= 0.3 is 5.63 Å². The van der Waals surface area contributed by atoms with Crippen LogP contribution in [0, 0.1) is 5.92 Å². The number of hydrogen-bond donors (Lipinski definition) is 0. The van der Waals surface area contributed by atoms with Crippen molar-refractivity contribution >= 4 is 16.8 Å². The normalized spacial score (nSPS) is 20.9. The lowest BCUT2D eigenvalue weighted by Crippen LogP contribution is -2.48. The number of fused-ring (bicyclic) bond motifs is 3. The molecule has 0 radical (unpaired) electrons. The van der Waals surface area contributed by atoms with Crippen molar-refractivity contribution in [3.63, 3.8) is 0 Å². The monoisotopic (exact) mass is 557 g/mol. The Hall–Kier alpha value is -4.22. The van der Waals surface area contributed by atoms with E-state index in [1.165, 1.54) is 10.7 Å². The number of carbonyl (C=O) groups excluding carboxylic acids is 1. The van der Waals surface area contributed by atoms with Crippen LogP contribution < -0.4 is 19.8 Å². The minimum atomic E-state index is -1.46. The Kier molecular flexibility index (Phi) is 6.09. The Labute approximate surface area is 236 Å². The number of likely N-dealkylation sites (N-methyl/N-ethyl adjacent to an activating group) is 1. The maximum absolute atomic E-state index is 14.3. The van der Waals surface area contributed by atoms with E-state index in [0.29, 0.717) is 64.8 Å². The van der Waals surface area contributed by atoms with Crippen LogP contribution in [0.25, 0.3) is 22.2 Å². The minimum Gasteiger partial charge on any atom is -0.486 e. The molecular formula is C30H31N5O6. The summed E-state index contributed by atoms with van der Waals surface area (Å²) >= 11 is 0. The fraction of sp³-hybridized carbons (Fsp3) is 0.400. The first-order valence-corrected chi connectivity index (χ1v) is 13.9. The Morgan fingerprint density at radius 3 is 2.54 bits per heavy atom. The molecule has 212 valence electrons. The van der Waals surface area contributed by atoms with Crippen molar-refractivity contribution in [2.45, 2.75) is 26.1 Å². The fourth-order valence-electron chi connectivity index (χ4n) is 5.87. The molecule has 0 spiro atoms. The van der Waals surface area contributed by atoms with Crippen LogP contribution in [0.4, 0.5) is 0 Å². The summed E-state index contributed by atoms with van der Waals surface area (Å²) in [5, 5.41) is 9.50. The molecule has 0 amide bonds. The first-order chi connectivity index (χ1) is 19.8. The van der Waals surface area contributed by atoms with Gasteiger partial charge in [-0.15, -0.1) is 5.10 Å². The lowest BCUT2D eigenvalue weighted by atomic mass is 9.91. The molecule has 41 heavy (non-hydrogen) atoms. The van der Waals surface area contributed by atoms with Gasteiger partial charge < -0.3 is 23.5 Å². The number of hydrogen-bond acceptors (Lipinski definition) is 10. The molecule has 0 saturated carbocycles.